The minimum absolute atomic E-state index is 0. The third-order valence-corrected chi connectivity index (χ3v) is 8.67. The van der Waals surface area contributed by atoms with E-state index in [4.69, 9.17) is 27.9 Å². The summed E-state index contributed by atoms with van der Waals surface area (Å²) >= 11 is 13.7. The Morgan fingerprint density at radius 3 is 2.03 bits per heavy atom. The number of piperidine rings is 3. The number of thiophene rings is 1. The molecule has 6 rings (SSSR count). The van der Waals surface area contributed by atoms with Gasteiger partial charge in [-0.05, 0) is 52.8 Å². The van der Waals surface area contributed by atoms with Gasteiger partial charge in [0.05, 0.1) is 24.5 Å². The zero-order valence-electron chi connectivity index (χ0n) is 19.0. The first-order chi connectivity index (χ1) is 16.4. The van der Waals surface area contributed by atoms with Crippen LogP contribution in [0, 0.1) is 11.8 Å². The molecule has 1 unspecified atom stereocenters. The number of Topliss-reactive ketones (excluding diaryl/α,β-unsaturated/α-hetero) is 1. The maximum absolute atomic E-state index is 13.6. The fourth-order valence-corrected chi connectivity index (χ4v) is 6.31. The van der Waals surface area contributed by atoms with Crippen LogP contribution in [0.25, 0.3) is 0 Å². The van der Waals surface area contributed by atoms with Gasteiger partial charge in [-0.1, -0.05) is 53.5 Å². The molecule has 184 valence electrons. The van der Waals surface area contributed by atoms with Crippen LogP contribution in [0.15, 0.2) is 66.0 Å². The lowest BCUT2D eigenvalue weighted by atomic mass is 9.77. The molecule has 1 aromatic heterocycles. The summed E-state index contributed by atoms with van der Waals surface area (Å²) in [6, 6.07) is 18.6. The lowest BCUT2D eigenvalue weighted by molar-refractivity contribution is -0.938. The molecular weight excluding hydrogens is 525 g/mol. The largest absolute Gasteiger partial charge is 1.00 e. The molecule has 3 fully saturated rings. The van der Waals surface area contributed by atoms with Gasteiger partial charge in [0, 0.05) is 22.9 Å². The van der Waals surface area contributed by atoms with Gasteiger partial charge in [0.2, 0.25) is 5.78 Å². The number of hydrogen-bond acceptors (Lipinski definition) is 4. The molecule has 3 saturated heterocycles. The number of fused-ring (bicyclic) bond motifs is 3. The Hall–Kier alpha value is -1.89. The molecule has 0 aliphatic carbocycles. The Labute approximate surface area is 225 Å². The van der Waals surface area contributed by atoms with E-state index in [1.807, 2.05) is 41.8 Å². The Kier molecular flexibility index (Phi) is 8.24. The fourth-order valence-electron chi connectivity index (χ4n) is 5.40. The zero-order chi connectivity index (χ0) is 23.7. The van der Waals surface area contributed by atoms with Crippen molar-refractivity contribution in [3.63, 3.8) is 0 Å². The molecule has 3 aliphatic rings. The summed E-state index contributed by atoms with van der Waals surface area (Å²) in [5.41, 5.74) is 1.72. The lowest BCUT2D eigenvalue weighted by Crippen LogP contribution is -3.00. The van der Waals surface area contributed by atoms with Gasteiger partial charge in [-0.15, -0.1) is 11.3 Å². The van der Waals surface area contributed by atoms with Crippen LogP contribution in [0.5, 0.6) is 0 Å². The zero-order valence-corrected chi connectivity index (χ0v) is 22.1. The maximum Gasteiger partial charge on any atom is 0.315 e. The van der Waals surface area contributed by atoms with Gasteiger partial charge in [-0.25, -0.2) is 0 Å². The molecule has 2 aromatic carbocycles. The SMILES string of the molecule is O=C(C[N+]12CCC(CC1)C(C(=O)OC(c1ccc(Cl)cc1)c1ccc(Cl)cc1)C2)c1cccs1.[Cl-]. The monoisotopic (exact) mass is 549 g/mol. The number of quaternary nitrogens is 1. The first-order valence-corrected chi connectivity index (χ1v) is 13.2. The second-order valence-corrected chi connectivity index (χ2v) is 11.2. The van der Waals surface area contributed by atoms with E-state index in [-0.39, 0.29) is 30.1 Å². The van der Waals surface area contributed by atoms with Crippen molar-refractivity contribution in [2.24, 2.45) is 11.8 Å². The van der Waals surface area contributed by atoms with Crippen LogP contribution in [0.3, 0.4) is 0 Å². The second-order valence-electron chi connectivity index (χ2n) is 9.39. The van der Waals surface area contributed by atoms with Gasteiger partial charge in [0.15, 0.2) is 6.10 Å². The Morgan fingerprint density at radius 1 is 0.943 bits per heavy atom. The van der Waals surface area contributed by atoms with Crippen molar-refractivity contribution in [1.82, 2.24) is 0 Å². The minimum Gasteiger partial charge on any atom is -1.00 e. The van der Waals surface area contributed by atoms with Crippen molar-refractivity contribution < 1.29 is 31.2 Å². The molecular formula is C27H26Cl3NO3S. The molecule has 4 nitrogen and oxygen atoms in total. The van der Waals surface area contributed by atoms with E-state index in [0.29, 0.717) is 33.5 Å². The second kappa shape index (κ2) is 11.0. The van der Waals surface area contributed by atoms with Crippen LogP contribution in [-0.4, -0.2) is 42.4 Å². The number of hydrogen-bond donors (Lipinski definition) is 0. The molecule has 4 heterocycles. The van der Waals surface area contributed by atoms with Crippen molar-refractivity contribution in [2.45, 2.75) is 18.9 Å². The summed E-state index contributed by atoms with van der Waals surface area (Å²) in [4.78, 5) is 27.3. The molecule has 35 heavy (non-hydrogen) atoms. The molecule has 0 saturated carbocycles. The summed E-state index contributed by atoms with van der Waals surface area (Å²) in [6.07, 6.45) is 1.35. The number of carbonyl (C=O) groups excluding carboxylic acids is 2. The molecule has 3 aliphatic heterocycles. The summed E-state index contributed by atoms with van der Waals surface area (Å²) in [7, 11) is 0. The molecule has 0 N–H and O–H groups in total. The van der Waals surface area contributed by atoms with Crippen LogP contribution < -0.4 is 12.4 Å². The van der Waals surface area contributed by atoms with E-state index in [1.54, 1.807) is 24.3 Å². The van der Waals surface area contributed by atoms with E-state index in [0.717, 1.165) is 41.9 Å². The first-order valence-electron chi connectivity index (χ1n) is 11.6. The Bertz CT molecular complexity index is 1110. The quantitative estimate of drug-likeness (QED) is 0.257. The predicted molar refractivity (Wildman–Crippen MR) is 135 cm³/mol. The van der Waals surface area contributed by atoms with Gasteiger partial charge in [-0.3, -0.25) is 9.59 Å². The van der Waals surface area contributed by atoms with E-state index in [1.165, 1.54) is 11.3 Å². The highest BCUT2D eigenvalue weighted by Gasteiger charge is 2.50. The average molecular weight is 551 g/mol. The molecule has 1 atom stereocenters. The Morgan fingerprint density at radius 2 is 1.51 bits per heavy atom. The molecule has 3 aromatic rings. The number of esters is 1. The van der Waals surface area contributed by atoms with Gasteiger partial charge in [0.25, 0.3) is 0 Å². The topological polar surface area (TPSA) is 43.4 Å². The average Bonchev–Trinajstić information content (AvgIpc) is 3.40. The van der Waals surface area contributed by atoms with Gasteiger partial charge < -0.3 is 21.6 Å². The highest BCUT2D eigenvalue weighted by molar-refractivity contribution is 7.12. The summed E-state index contributed by atoms with van der Waals surface area (Å²) in [5, 5.41) is 3.19. The smallest absolute Gasteiger partial charge is 0.315 e. The van der Waals surface area contributed by atoms with E-state index in [9.17, 15) is 9.59 Å². The van der Waals surface area contributed by atoms with Gasteiger partial charge >= 0.3 is 5.97 Å². The summed E-state index contributed by atoms with van der Waals surface area (Å²) < 4.78 is 6.88. The number of ether oxygens (including phenoxy) is 1. The highest BCUT2D eigenvalue weighted by atomic mass is 35.5. The Balaban J connectivity index is 0.00000289. The first kappa shape index (κ1) is 26.2. The van der Waals surface area contributed by atoms with E-state index in [2.05, 4.69) is 0 Å². The van der Waals surface area contributed by atoms with Crippen molar-refractivity contribution in [3.8, 4) is 0 Å². The molecule has 8 heteroatoms. The third-order valence-electron chi connectivity index (χ3n) is 7.26. The van der Waals surface area contributed by atoms with E-state index < -0.39 is 6.10 Å². The van der Waals surface area contributed by atoms with E-state index >= 15 is 0 Å². The molecule has 0 radical (unpaired) electrons. The fraction of sp³-hybridized carbons (Fsp3) is 0.333. The van der Waals surface area contributed by atoms with Crippen molar-refractivity contribution in [3.05, 3.63) is 92.1 Å². The molecule has 2 bridgehead atoms. The van der Waals surface area contributed by atoms with Crippen molar-refractivity contribution in [2.75, 3.05) is 26.2 Å². The molecule has 0 amide bonds. The number of halogens is 3. The number of nitrogens with zero attached hydrogens (tertiary/aromatic N) is 1. The van der Waals surface area contributed by atoms with Crippen LogP contribution in [0.4, 0.5) is 0 Å². The number of benzene rings is 2. The number of carbonyl (C=O) groups is 2. The standard InChI is InChI=1S/C27H26Cl2NO3S.ClH/c28-21-7-3-19(4-8-21)26(20-5-9-22(29)10-6-20)33-27(32)23-16-30(13-11-18(23)12-14-30)17-24(31)25-2-1-15-34-25;/h1-10,15,18,23,26H,11-14,16-17H2;1H/q+1;/p-1. The summed E-state index contributed by atoms with van der Waals surface area (Å²) in [6.45, 7) is 3.01. The highest BCUT2D eigenvalue weighted by Crippen LogP contribution is 2.40. The van der Waals surface area contributed by atoms with Crippen molar-refractivity contribution >= 4 is 46.3 Å². The number of rotatable bonds is 7. The third kappa shape index (κ3) is 5.76. The van der Waals surface area contributed by atoms with Gasteiger partial charge in [0.1, 0.15) is 12.5 Å². The lowest BCUT2D eigenvalue weighted by Gasteiger charge is -2.51. The van der Waals surface area contributed by atoms with Crippen molar-refractivity contribution in [1.29, 1.82) is 0 Å². The number of ketones is 1. The maximum atomic E-state index is 13.6. The molecule has 0 spiro atoms. The van der Waals surface area contributed by atoms with Crippen LogP contribution in [0.1, 0.15) is 39.7 Å². The van der Waals surface area contributed by atoms with Crippen LogP contribution in [0.2, 0.25) is 10.0 Å². The van der Waals surface area contributed by atoms with Crippen LogP contribution >= 0.6 is 34.5 Å². The normalized spacial score (nSPS) is 23.1. The van der Waals surface area contributed by atoms with Gasteiger partial charge in [-0.2, -0.15) is 0 Å². The van der Waals surface area contributed by atoms with Crippen LogP contribution in [-0.2, 0) is 9.53 Å². The summed E-state index contributed by atoms with van der Waals surface area (Å²) in [5.74, 6) is 0.0780. The predicted octanol–water partition coefficient (Wildman–Crippen LogP) is 3.43. The minimum atomic E-state index is -0.543.